The molecule has 3 heteroatoms. The average molecular weight is 323 g/mol. The van der Waals surface area contributed by atoms with E-state index in [4.69, 9.17) is 4.74 Å². The Morgan fingerprint density at radius 2 is 1.88 bits per heavy atom. The Kier molecular flexibility index (Phi) is 5.31. The highest BCUT2D eigenvalue weighted by molar-refractivity contribution is 6.04. The van der Waals surface area contributed by atoms with Crippen molar-refractivity contribution < 1.29 is 9.53 Å². The van der Waals surface area contributed by atoms with Gasteiger partial charge >= 0.3 is 0 Å². The van der Waals surface area contributed by atoms with Crippen molar-refractivity contribution in [3.8, 4) is 0 Å². The molecular weight excluding hydrogens is 298 g/mol. The van der Waals surface area contributed by atoms with Gasteiger partial charge < -0.3 is 10.1 Å². The number of rotatable bonds is 5. The summed E-state index contributed by atoms with van der Waals surface area (Å²) in [4.78, 5) is 12.5. The van der Waals surface area contributed by atoms with Crippen LogP contribution in [0.25, 0.3) is 0 Å². The first-order chi connectivity index (χ1) is 11.6. The number of hydrogen-bond acceptors (Lipinski definition) is 2. The monoisotopic (exact) mass is 323 g/mol. The first-order valence-corrected chi connectivity index (χ1v) is 8.75. The Hall–Kier alpha value is -2.13. The van der Waals surface area contributed by atoms with Crippen LogP contribution in [0.3, 0.4) is 0 Å². The molecule has 0 unspecified atom stereocenters. The van der Waals surface area contributed by atoms with Gasteiger partial charge in [-0.15, -0.1) is 0 Å². The van der Waals surface area contributed by atoms with Gasteiger partial charge in [0.15, 0.2) is 0 Å². The summed E-state index contributed by atoms with van der Waals surface area (Å²) in [7, 11) is 0. The lowest BCUT2D eigenvalue weighted by Gasteiger charge is -2.16. The van der Waals surface area contributed by atoms with Crippen LogP contribution >= 0.6 is 0 Å². The molecule has 24 heavy (non-hydrogen) atoms. The fourth-order valence-corrected chi connectivity index (χ4v) is 3.08. The Morgan fingerprint density at radius 3 is 2.67 bits per heavy atom. The molecule has 0 atom stereocenters. The molecule has 1 amide bonds. The quantitative estimate of drug-likeness (QED) is 0.863. The number of aryl methyl sites for hydroxylation is 2. The van der Waals surface area contributed by atoms with Gasteiger partial charge in [-0.2, -0.15) is 0 Å². The number of fused-ring (bicyclic) bond motifs is 1. The Morgan fingerprint density at radius 1 is 1.08 bits per heavy atom. The van der Waals surface area contributed by atoms with E-state index >= 15 is 0 Å². The van der Waals surface area contributed by atoms with Crippen molar-refractivity contribution in [3.05, 3.63) is 64.7 Å². The molecule has 0 saturated carbocycles. The molecule has 1 aliphatic rings. The summed E-state index contributed by atoms with van der Waals surface area (Å²) in [6.45, 7) is 4.59. The fraction of sp³-hybridized carbons (Fsp3) is 0.381. The highest BCUT2D eigenvalue weighted by Crippen LogP contribution is 2.23. The predicted octanol–water partition coefficient (Wildman–Crippen LogP) is 4.74. The molecule has 3 rings (SSSR count). The van der Waals surface area contributed by atoms with Crippen LogP contribution in [0.4, 0.5) is 5.69 Å². The topological polar surface area (TPSA) is 38.3 Å². The van der Waals surface area contributed by atoms with E-state index in [1.165, 1.54) is 24.0 Å². The van der Waals surface area contributed by atoms with E-state index in [9.17, 15) is 4.79 Å². The minimum atomic E-state index is -0.0506. The molecule has 0 aromatic heterocycles. The Bertz CT molecular complexity index is 722. The molecule has 0 aliphatic heterocycles. The largest absolute Gasteiger partial charge is 0.374 e. The van der Waals surface area contributed by atoms with Crippen molar-refractivity contribution in [1.29, 1.82) is 0 Å². The smallest absolute Gasteiger partial charge is 0.255 e. The van der Waals surface area contributed by atoms with Gasteiger partial charge in [0.1, 0.15) is 0 Å². The molecule has 2 aromatic rings. The van der Waals surface area contributed by atoms with Crippen molar-refractivity contribution >= 4 is 11.6 Å². The Labute approximate surface area is 144 Å². The zero-order valence-electron chi connectivity index (χ0n) is 14.5. The van der Waals surface area contributed by atoms with E-state index in [0.717, 1.165) is 29.7 Å². The molecule has 3 nitrogen and oxygen atoms in total. The van der Waals surface area contributed by atoms with Crippen molar-refractivity contribution in [2.75, 3.05) is 5.32 Å². The summed E-state index contributed by atoms with van der Waals surface area (Å²) >= 11 is 0. The number of amides is 1. The number of carbonyl (C=O) groups excluding carboxylic acids is 1. The minimum Gasteiger partial charge on any atom is -0.374 e. The number of benzene rings is 2. The number of hydrogen-bond donors (Lipinski definition) is 1. The summed E-state index contributed by atoms with van der Waals surface area (Å²) in [6, 6.07) is 13.9. The first-order valence-electron chi connectivity index (χ1n) is 8.75. The van der Waals surface area contributed by atoms with Crippen LogP contribution in [0, 0.1) is 0 Å². The maximum atomic E-state index is 12.5. The maximum Gasteiger partial charge on any atom is 0.255 e. The third-order valence-electron chi connectivity index (χ3n) is 4.38. The van der Waals surface area contributed by atoms with Crippen LogP contribution < -0.4 is 5.32 Å². The van der Waals surface area contributed by atoms with Crippen LogP contribution in [0.15, 0.2) is 42.5 Å². The SMILES string of the molecule is CC(C)OCc1cccc(NC(=O)c2ccc3c(c2)CCCC3)c1. The van der Waals surface area contributed by atoms with Gasteiger partial charge in [0, 0.05) is 11.3 Å². The van der Waals surface area contributed by atoms with Crippen molar-refractivity contribution in [1.82, 2.24) is 0 Å². The van der Waals surface area contributed by atoms with Crippen LogP contribution in [0.2, 0.25) is 0 Å². The number of nitrogens with one attached hydrogen (secondary N) is 1. The second-order valence-electron chi connectivity index (χ2n) is 6.70. The van der Waals surface area contributed by atoms with Gasteiger partial charge in [0.2, 0.25) is 0 Å². The average Bonchev–Trinajstić information content (AvgIpc) is 2.60. The van der Waals surface area contributed by atoms with Gasteiger partial charge in [0.05, 0.1) is 12.7 Å². The summed E-state index contributed by atoms with van der Waals surface area (Å²) in [5.74, 6) is -0.0506. The van der Waals surface area contributed by atoms with E-state index < -0.39 is 0 Å². The molecule has 0 saturated heterocycles. The lowest BCUT2D eigenvalue weighted by Crippen LogP contribution is -2.14. The van der Waals surface area contributed by atoms with E-state index in [-0.39, 0.29) is 12.0 Å². The lowest BCUT2D eigenvalue weighted by atomic mass is 9.90. The summed E-state index contributed by atoms with van der Waals surface area (Å²) < 4.78 is 5.62. The molecule has 1 aliphatic carbocycles. The molecule has 0 bridgehead atoms. The standard InChI is InChI=1S/C21H25NO2/c1-15(2)24-14-16-6-5-9-20(12-16)22-21(23)19-11-10-17-7-3-4-8-18(17)13-19/h5-6,9-13,15H,3-4,7-8,14H2,1-2H3,(H,22,23). The Balaban J connectivity index is 1.69. The van der Waals surface area contributed by atoms with E-state index in [1.54, 1.807) is 0 Å². The fourth-order valence-electron chi connectivity index (χ4n) is 3.08. The second-order valence-corrected chi connectivity index (χ2v) is 6.70. The van der Waals surface area contributed by atoms with E-state index in [2.05, 4.69) is 17.4 Å². The highest BCUT2D eigenvalue weighted by atomic mass is 16.5. The van der Waals surface area contributed by atoms with Crippen molar-refractivity contribution in [3.63, 3.8) is 0 Å². The zero-order chi connectivity index (χ0) is 16.9. The van der Waals surface area contributed by atoms with E-state index in [0.29, 0.717) is 6.61 Å². The molecule has 0 spiro atoms. The normalized spacial score (nSPS) is 13.6. The molecular formula is C21H25NO2. The van der Waals surface area contributed by atoms with Crippen LogP contribution in [-0.4, -0.2) is 12.0 Å². The number of carbonyl (C=O) groups is 1. The third-order valence-corrected chi connectivity index (χ3v) is 4.38. The summed E-state index contributed by atoms with van der Waals surface area (Å²) in [6.07, 6.45) is 4.88. The molecule has 0 heterocycles. The molecule has 0 fully saturated rings. The molecule has 0 radical (unpaired) electrons. The molecule has 126 valence electrons. The van der Waals surface area contributed by atoms with Gasteiger partial charge in [-0.1, -0.05) is 18.2 Å². The van der Waals surface area contributed by atoms with Crippen LogP contribution in [0.1, 0.15) is 53.7 Å². The van der Waals surface area contributed by atoms with Crippen molar-refractivity contribution in [2.24, 2.45) is 0 Å². The van der Waals surface area contributed by atoms with E-state index in [1.807, 2.05) is 44.2 Å². The number of ether oxygens (including phenoxy) is 1. The molecule has 1 N–H and O–H groups in total. The number of anilines is 1. The second kappa shape index (κ2) is 7.63. The van der Waals surface area contributed by atoms with Crippen LogP contribution in [-0.2, 0) is 24.2 Å². The predicted molar refractivity (Wildman–Crippen MR) is 97.4 cm³/mol. The molecule has 2 aromatic carbocycles. The van der Waals surface area contributed by atoms with Gasteiger partial charge in [0.25, 0.3) is 5.91 Å². The van der Waals surface area contributed by atoms with Crippen molar-refractivity contribution in [2.45, 2.75) is 52.2 Å². The third kappa shape index (κ3) is 4.24. The van der Waals surface area contributed by atoms with Gasteiger partial charge in [-0.05, 0) is 80.5 Å². The van der Waals surface area contributed by atoms with Gasteiger partial charge in [-0.3, -0.25) is 4.79 Å². The van der Waals surface area contributed by atoms with Crippen LogP contribution in [0.5, 0.6) is 0 Å². The lowest BCUT2D eigenvalue weighted by molar-refractivity contribution is 0.0657. The summed E-state index contributed by atoms with van der Waals surface area (Å²) in [5, 5.41) is 3.00. The van der Waals surface area contributed by atoms with Gasteiger partial charge in [-0.25, -0.2) is 0 Å². The maximum absolute atomic E-state index is 12.5. The highest BCUT2D eigenvalue weighted by Gasteiger charge is 2.13. The first kappa shape index (κ1) is 16.7. The summed E-state index contributed by atoms with van der Waals surface area (Å²) in [5.41, 5.74) is 5.33. The minimum absolute atomic E-state index is 0.0506. The zero-order valence-corrected chi connectivity index (χ0v) is 14.5.